The summed E-state index contributed by atoms with van der Waals surface area (Å²) in [5.74, 6) is -0.674. The van der Waals surface area contributed by atoms with Gasteiger partial charge in [-0.3, -0.25) is 4.79 Å². The van der Waals surface area contributed by atoms with E-state index < -0.39 is 98.1 Å². The minimum atomic E-state index is -1.66. The Hall–Kier alpha value is -1.91. The zero-order valence-electron chi connectivity index (χ0n) is 25.6. The number of hydrogen-bond acceptors (Lipinski definition) is 16. The maximum Gasteiger partial charge on any atom is 0.249 e. The third kappa shape index (κ3) is 8.56. The van der Waals surface area contributed by atoms with Crippen LogP contribution in [0.2, 0.25) is 0 Å². The van der Waals surface area contributed by atoms with E-state index in [4.69, 9.17) is 52.4 Å². The molecule has 3 aliphatic rings. The van der Waals surface area contributed by atoms with Crippen molar-refractivity contribution in [3.05, 3.63) is 35.9 Å². The van der Waals surface area contributed by atoms with Gasteiger partial charge in [0.1, 0.15) is 42.7 Å². The number of ether oxygens (including phenoxy) is 5. The second kappa shape index (κ2) is 17.0. The van der Waals surface area contributed by atoms with E-state index in [9.17, 15) is 30.3 Å². The molecule has 9 unspecified atom stereocenters. The minimum Gasteiger partial charge on any atom is -0.394 e. The maximum atomic E-state index is 13.6. The molecule has 3 fully saturated rings. The highest BCUT2D eigenvalue weighted by Gasteiger charge is 2.54. The normalized spacial score (nSPS) is 40.7. The second-order valence-electron chi connectivity index (χ2n) is 12.0. The molecule has 15 atom stereocenters. The summed E-state index contributed by atoms with van der Waals surface area (Å²) >= 11 is 0. The molecule has 17 nitrogen and oxygen atoms in total. The van der Waals surface area contributed by atoms with Crippen LogP contribution in [0.15, 0.2) is 30.3 Å². The van der Waals surface area contributed by atoms with Crippen molar-refractivity contribution in [3.8, 4) is 0 Å². The average Bonchev–Trinajstić information content (AvgIpc) is 3.06. The zero-order valence-corrected chi connectivity index (χ0v) is 25.6. The SMILES string of the molecule is NCC[C@H](OCc1ccccc1)C(=O)NC1C(O)[C@H](N)C(O[C@H]2OC(CN)CCC2N)C(O)[C@H]1O[C@H]1OC(CO)[C@@H](O)C(N)C1O. The zero-order chi connectivity index (χ0) is 33.5. The van der Waals surface area contributed by atoms with Crippen molar-refractivity contribution in [1.82, 2.24) is 5.32 Å². The first-order chi connectivity index (χ1) is 22.0. The fraction of sp³-hybridized carbons (Fsp3) is 0.759. The molecule has 262 valence electrons. The number of nitrogens with two attached hydrogens (primary N) is 5. The number of carbonyl (C=O) groups is 1. The molecule has 2 aliphatic heterocycles. The molecule has 1 aliphatic carbocycles. The van der Waals surface area contributed by atoms with Crippen LogP contribution in [-0.2, 0) is 35.1 Å². The smallest absolute Gasteiger partial charge is 0.249 e. The van der Waals surface area contributed by atoms with Crippen LogP contribution >= 0.6 is 0 Å². The summed E-state index contributed by atoms with van der Waals surface area (Å²) in [5, 5.41) is 56.6. The summed E-state index contributed by atoms with van der Waals surface area (Å²) in [6.45, 7) is -0.249. The Bertz CT molecular complexity index is 1080. The number of aliphatic hydroxyl groups excluding tert-OH is 5. The summed E-state index contributed by atoms with van der Waals surface area (Å²) in [4.78, 5) is 13.6. The lowest BCUT2D eigenvalue weighted by molar-refractivity contribution is -0.319. The fourth-order valence-corrected chi connectivity index (χ4v) is 5.95. The molecule has 2 saturated heterocycles. The molecule has 1 saturated carbocycles. The van der Waals surface area contributed by atoms with Crippen molar-refractivity contribution in [2.75, 3.05) is 19.7 Å². The number of aliphatic hydroxyl groups is 5. The van der Waals surface area contributed by atoms with Gasteiger partial charge in [0.25, 0.3) is 0 Å². The molecule has 0 spiro atoms. The van der Waals surface area contributed by atoms with Crippen LogP contribution in [0.4, 0.5) is 0 Å². The van der Waals surface area contributed by atoms with Gasteiger partial charge in [0.15, 0.2) is 12.6 Å². The average molecular weight is 659 g/mol. The number of benzene rings is 1. The summed E-state index contributed by atoms with van der Waals surface area (Å²) in [5.41, 5.74) is 30.9. The number of amides is 1. The Labute approximate surface area is 267 Å². The topological polar surface area (TPSA) is 306 Å². The molecule has 1 aromatic rings. The first kappa shape index (κ1) is 36.9. The van der Waals surface area contributed by atoms with E-state index in [-0.39, 0.29) is 32.2 Å². The molecule has 2 heterocycles. The molecule has 46 heavy (non-hydrogen) atoms. The standard InChI is InChI=1S/C29H50N6O11/c30-9-8-16(42-12-13-4-2-1-3-5-13)27(41)35-20-22(38)19(34)25(45-28-15(32)7-6-14(10-31)43-28)24(40)26(20)46-29-23(39)18(33)21(37)17(11-36)44-29/h1-5,14-26,28-29,36-40H,6-12,30-34H2,(H,35,41)/t14?,15?,16-,17?,18?,19-,20?,21+,22?,23?,24?,25?,26-,28+,29+/m0/s1. The van der Waals surface area contributed by atoms with Crippen molar-refractivity contribution < 1.29 is 54.0 Å². The van der Waals surface area contributed by atoms with Crippen LogP contribution in [-0.4, -0.2) is 143 Å². The summed E-state index contributed by atoms with van der Waals surface area (Å²) < 4.78 is 29.3. The molecule has 0 bridgehead atoms. The predicted octanol–water partition coefficient (Wildman–Crippen LogP) is -5.20. The Balaban J connectivity index is 1.58. The first-order valence-electron chi connectivity index (χ1n) is 15.6. The highest BCUT2D eigenvalue weighted by molar-refractivity contribution is 5.81. The van der Waals surface area contributed by atoms with Gasteiger partial charge in [-0.2, -0.15) is 0 Å². The number of nitrogens with one attached hydrogen (secondary N) is 1. The largest absolute Gasteiger partial charge is 0.394 e. The molecule has 17 heteroatoms. The molecule has 1 amide bonds. The molecular formula is C29H50N6O11. The molecular weight excluding hydrogens is 608 g/mol. The lowest BCUT2D eigenvalue weighted by Gasteiger charge is -2.50. The third-order valence-corrected chi connectivity index (χ3v) is 8.77. The Morgan fingerprint density at radius 2 is 1.59 bits per heavy atom. The van der Waals surface area contributed by atoms with Crippen LogP contribution in [0, 0.1) is 0 Å². The van der Waals surface area contributed by atoms with Crippen LogP contribution in [0.3, 0.4) is 0 Å². The Kier molecular flexibility index (Phi) is 13.6. The summed E-state index contributed by atoms with van der Waals surface area (Å²) in [6, 6.07) is 4.57. The Morgan fingerprint density at radius 3 is 2.24 bits per heavy atom. The summed E-state index contributed by atoms with van der Waals surface area (Å²) in [7, 11) is 0. The van der Waals surface area contributed by atoms with E-state index in [1.165, 1.54) is 0 Å². The van der Waals surface area contributed by atoms with Crippen LogP contribution in [0.5, 0.6) is 0 Å². The first-order valence-corrected chi connectivity index (χ1v) is 15.6. The summed E-state index contributed by atoms with van der Waals surface area (Å²) in [6.07, 6.45) is -13.2. The quantitative estimate of drug-likeness (QED) is 0.0943. The number of rotatable bonds is 13. The number of carbonyl (C=O) groups excluding carboxylic acids is 1. The molecule has 0 radical (unpaired) electrons. The van der Waals surface area contributed by atoms with Gasteiger partial charge < -0.3 is 83.2 Å². The van der Waals surface area contributed by atoms with Crippen LogP contribution < -0.4 is 34.0 Å². The van der Waals surface area contributed by atoms with E-state index in [0.29, 0.717) is 12.8 Å². The highest BCUT2D eigenvalue weighted by Crippen LogP contribution is 2.32. The van der Waals surface area contributed by atoms with E-state index in [0.717, 1.165) is 5.56 Å². The fourth-order valence-electron chi connectivity index (χ4n) is 5.95. The molecule has 4 rings (SSSR count). The van der Waals surface area contributed by atoms with Crippen molar-refractivity contribution in [2.45, 2.75) is 118 Å². The molecule has 1 aromatic carbocycles. The van der Waals surface area contributed by atoms with Gasteiger partial charge in [-0.1, -0.05) is 30.3 Å². The maximum absolute atomic E-state index is 13.6. The van der Waals surface area contributed by atoms with Gasteiger partial charge in [-0.15, -0.1) is 0 Å². The minimum absolute atomic E-state index is 0.0977. The van der Waals surface area contributed by atoms with E-state index in [1.807, 2.05) is 30.3 Å². The van der Waals surface area contributed by atoms with Crippen LogP contribution in [0.25, 0.3) is 0 Å². The van der Waals surface area contributed by atoms with Crippen molar-refractivity contribution in [2.24, 2.45) is 28.7 Å². The number of hydrogen-bond donors (Lipinski definition) is 11. The van der Waals surface area contributed by atoms with Gasteiger partial charge in [0.2, 0.25) is 5.91 Å². The van der Waals surface area contributed by atoms with E-state index in [1.54, 1.807) is 0 Å². The second-order valence-corrected chi connectivity index (χ2v) is 12.0. The van der Waals surface area contributed by atoms with Crippen LogP contribution in [0.1, 0.15) is 24.8 Å². The van der Waals surface area contributed by atoms with E-state index in [2.05, 4.69) is 5.32 Å². The van der Waals surface area contributed by atoms with Gasteiger partial charge >= 0.3 is 0 Å². The third-order valence-electron chi connectivity index (χ3n) is 8.77. The van der Waals surface area contributed by atoms with Gasteiger partial charge in [0.05, 0.1) is 49.6 Å². The van der Waals surface area contributed by atoms with Gasteiger partial charge in [0, 0.05) is 6.54 Å². The van der Waals surface area contributed by atoms with Crippen molar-refractivity contribution >= 4 is 5.91 Å². The molecule has 0 aromatic heterocycles. The monoisotopic (exact) mass is 658 g/mol. The van der Waals surface area contributed by atoms with E-state index >= 15 is 0 Å². The predicted molar refractivity (Wildman–Crippen MR) is 161 cm³/mol. The van der Waals surface area contributed by atoms with Gasteiger partial charge in [-0.25, -0.2) is 0 Å². The molecule has 16 N–H and O–H groups in total. The van der Waals surface area contributed by atoms with Gasteiger partial charge in [-0.05, 0) is 31.4 Å². The lowest BCUT2D eigenvalue weighted by Crippen LogP contribution is -2.74. The van der Waals surface area contributed by atoms with Crippen molar-refractivity contribution in [1.29, 1.82) is 0 Å². The Morgan fingerprint density at radius 1 is 0.891 bits per heavy atom. The van der Waals surface area contributed by atoms with Crippen molar-refractivity contribution in [3.63, 3.8) is 0 Å². The highest BCUT2D eigenvalue weighted by atomic mass is 16.7. The lowest BCUT2D eigenvalue weighted by atomic mass is 9.81.